The van der Waals surface area contributed by atoms with Gasteiger partial charge in [-0.25, -0.2) is 17.2 Å². The predicted molar refractivity (Wildman–Crippen MR) is 73.6 cm³/mol. The maximum atomic E-state index is 14.2. The molecule has 1 aromatic rings. The molecule has 1 aliphatic carbocycles. The van der Waals surface area contributed by atoms with Gasteiger partial charge in [-0.1, -0.05) is 0 Å². The van der Waals surface area contributed by atoms with Crippen LogP contribution in [-0.4, -0.2) is 50.4 Å². The molecule has 1 aliphatic heterocycles. The lowest BCUT2D eigenvalue weighted by atomic mass is 10.1. The molecule has 1 saturated heterocycles. The second-order valence-corrected chi connectivity index (χ2v) is 8.12. The first-order valence-electron chi connectivity index (χ1n) is 7.30. The van der Waals surface area contributed by atoms with Gasteiger partial charge in [0.2, 0.25) is 0 Å². The van der Waals surface area contributed by atoms with Gasteiger partial charge in [-0.05, 0) is 12.1 Å². The summed E-state index contributed by atoms with van der Waals surface area (Å²) in [6.45, 7) is -1.58. The molecule has 152 valence electrons. The molecule has 2 atom stereocenters. The predicted octanol–water partition coefficient (Wildman–Crippen LogP) is 2.79. The van der Waals surface area contributed by atoms with Crippen molar-refractivity contribution in [1.82, 2.24) is 0 Å². The minimum absolute atomic E-state index is 0.260. The summed E-state index contributed by atoms with van der Waals surface area (Å²) in [5.74, 6) is -5.40. The summed E-state index contributed by atoms with van der Waals surface area (Å²) in [5.41, 5.74) is -10.6. The van der Waals surface area contributed by atoms with Gasteiger partial charge in [-0.3, -0.25) is 0 Å². The van der Waals surface area contributed by atoms with Crippen molar-refractivity contribution in [3.8, 4) is 5.75 Å². The average molecular weight is 424 g/mol. The lowest BCUT2D eigenvalue weighted by Gasteiger charge is -2.33. The first-order chi connectivity index (χ1) is 12.2. The van der Waals surface area contributed by atoms with Crippen molar-refractivity contribution >= 4 is 9.84 Å². The van der Waals surface area contributed by atoms with E-state index < -0.39 is 80.8 Å². The number of sulfone groups is 1. The van der Waals surface area contributed by atoms with E-state index in [9.17, 15) is 44.3 Å². The molecule has 0 amide bonds. The van der Waals surface area contributed by atoms with Gasteiger partial charge in [0.15, 0.2) is 11.8 Å². The van der Waals surface area contributed by atoms with Gasteiger partial charge in [-0.15, -0.1) is 0 Å². The highest BCUT2D eigenvalue weighted by atomic mass is 32.2. The van der Waals surface area contributed by atoms with Gasteiger partial charge in [0.25, 0.3) is 9.84 Å². The molecule has 0 saturated carbocycles. The molecule has 1 N–H and O–H groups in total. The Hall–Kier alpha value is -1.60. The Morgan fingerprint density at radius 3 is 2.26 bits per heavy atom. The van der Waals surface area contributed by atoms with E-state index in [1.54, 1.807) is 0 Å². The molecule has 0 unspecified atom stereocenters. The van der Waals surface area contributed by atoms with E-state index in [0.29, 0.717) is 6.07 Å². The van der Waals surface area contributed by atoms with E-state index in [4.69, 9.17) is 4.74 Å². The maximum absolute atomic E-state index is 14.2. The van der Waals surface area contributed by atoms with Gasteiger partial charge in [-0.2, -0.15) is 22.0 Å². The summed E-state index contributed by atoms with van der Waals surface area (Å²) >= 11 is 0. The summed E-state index contributed by atoms with van der Waals surface area (Å²) in [6, 6.07) is 0.775. The van der Waals surface area contributed by atoms with Crippen LogP contribution in [-0.2, 0) is 14.6 Å². The Morgan fingerprint density at radius 2 is 1.78 bits per heavy atom. The Balaban J connectivity index is 2.13. The third-order valence-electron chi connectivity index (χ3n) is 4.24. The van der Waals surface area contributed by atoms with E-state index in [-0.39, 0.29) is 6.07 Å². The number of alkyl halides is 7. The second-order valence-electron chi connectivity index (χ2n) is 6.21. The molecule has 1 aromatic carbocycles. The maximum Gasteiger partial charge on any atom is 0.501 e. The van der Waals surface area contributed by atoms with E-state index in [0.717, 1.165) is 0 Å². The van der Waals surface area contributed by atoms with Crippen molar-refractivity contribution in [3.05, 3.63) is 23.3 Å². The third-order valence-corrected chi connectivity index (χ3v) is 5.78. The number of aliphatic hydroxyl groups is 1. The molecule has 3 rings (SSSR count). The molecule has 0 radical (unpaired) electrons. The Morgan fingerprint density at radius 1 is 1.19 bits per heavy atom. The van der Waals surface area contributed by atoms with Crippen LogP contribution in [0.5, 0.6) is 5.75 Å². The number of halogens is 7. The smallest absolute Gasteiger partial charge is 0.490 e. The summed E-state index contributed by atoms with van der Waals surface area (Å²) < 4.78 is 127. The normalized spacial score (nSPS) is 26.4. The van der Waals surface area contributed by atoms with Crippen molar-refractivity contribution in [2.75, 3.05) is 19.8 Å². The van der Waals surface area contributed by atoms with E-state index in [2.05, 4.69) is 4.74 Å². The van der Waals surface area contributed by atoms with Crippen LogP contribution in [0.15, 0.2) is 17.0 Å². The largest absolute Gasteiger partial charge is 0.501 e. The monoisotopic (exact) mass is 424 g/mol. The molecular formula is C14H11F7O5S. The van der Waals surface area contributed by atoms with Gasteiger partial charge in [0.1, 0.15) is 18.5 Å². The van der Waals surface area contributed by atoms with Crippen molar-refractivity contribution in [2.45, 2.75) is 34.3 Å². The van der Waals surface area contributed by atoms with Gasteiger partial charge in [0.05, 0.1) is 18.1 Å². The molecular weight excluding hydrogens is 413 g/mol. The minimum atomic E-state index is -6.17. The summed E-state index contributed by atoms with van der Waals surface area (Å²) in [7, 11) is -6.17. The van der Waals surface area contributed by atoms with Crippen molar-refractivity contribution < 1.29 is 53.7 Å². The summed E-state index contributed by atoms with van der Waals surface area (Å²) in [5, 5.41) is 9.63. The molecule has 5 nitrogen and oxygen atoms in total. The lowest BCUT2D eigenvalue weighted by Crippen LogP contribution is -2.50. The number of rotatable bonds is 4. The molecule has 0 aromatic heterocycles. The van der Waals surface area contributed by atoms with Crippen LogP contribution in [0.25, 0.3) is 0 Å². The highest BCUT2D eigenvalue weighted by Crippen LogP contribution is 2.57. The van der Waals surface area contributed by atoms with Gasteiger partial charge < -0.3 is 14.6 Å². The highest BCUT2D eigenvalue weighted by Gasteiger charge is 2.61. The molecule has 13 heteroatoms. The molecule has 2 aliphatic rings. The topological polar surface area (TPSA) is 72.8 Å². The second kappa shape index (κ2) is 5.95. The number of ether oxygens (including phenoxy) is 2. The molecule has 27 heavy (non-hydrogen) atoms. The number of fused-ring (bicyclic) bond motifs is 1. The Kier molecular flexibility index (Phi) is 4.44. The highest BCUT2D eigenvalue weighted by molar-refractivity contribution is 7.92. The number of hydrogen-bond donors (Lipinski definition) is 1. The van der Waals surface area contributed by atoms with E-state index >= 15 is 0 Å². The van der Waals surface area contributed by atoms with E-state index in [1.807, 2.05) is 0 Å². The number of aliphatic hydroxyl groups excluding tert-OH is 1. The van der Waals surface area contributed by atoms with Crippen LogP contribution in [0.4, 0.5) is 30.7 Å². The average Bonchev–Trinajstić information content (AvgIpc) is 2.71. The van der Waals surface area contributed by atoms with Crippen LogP contribution >= 0.6 is 0 Å². The molecule has 0 spiro atoms. The van der Waals surface area contributed by atoms with Crippen LogP contribution < -0.4 is 4.74 Å². The summed E-state index contributed by atoms with van der Waals surface area (Å²) in [6.07, 6.45) is -6.52. The van der Waals surface area contributed by atoms with Crippen LogP contribution in [0, 0.1) is 0 Å². The van der Waals surface area contributed by atoms with Crippen LogP contribution in [0.3, 0.4) is 0 Å². The van der Waals surface area contributed by atoms with Gasteiger partial charge in [0, 0.05) is 11.1 Å². The fourth-order valence-corrected chi connectivity index (χ4v) is 3.77. The number of hydrogen-bond acceptors (Lipinski definition) is 5. The molecule has 0 bridgehead atoms. The zero-order chi connectivity index (χ0) is 20.4. The Labute approximate surface area is 147 Å². The quantitative estimate of drug-likeness (QED) is 0.753. The first kappa shape index (κ1) is 20.1. The minimum Gasteiger partial charge on any atom is -0.490 e. The zero-order valence-electron chi connectivity index (χ0n) is 13.1. The summed E-state index contributed by atoms with van der Waals surface area (Å²) in [4.78, 5) is -1.72. The van der Waals surface area contributed by atoms with Crippen LogP contribution in [0.2, 0.25) is 0 Å². The zero-order valence-corrected chi connectivity index (χ0v) is 13.9. The van der Waals surface area contributed by atoms with Gasteiger partial charge >= 0.3 is 11.4 Å². The fourth-order valence-electron chi connectivity index (χ4n) is 2.76. The molecule has 1 fully saturated rings. The third kappa shape index (κ3) is 2.95. The first-order valence-corrected chi connectivity index (χ1v) is 8.78. The standard InChI is InChI=1S/C14H11F7O5S/c15-10-8-6(26-5-12(16)3-25-4-12)1-2-7(27(23,24)14(19,20)21)9(8)11(22)13(10,17)18/h1-2,10-11,22H,3-5H2/t10-,11+/m1/s1. The van der Waals surface area contributed by atoms with Crippen LogP contribution in [0.1, 0.15) is 23.4 Å². The Bertz CT molecular complexity index is 863. The van der Waals surface area contributed by atoms with E-state index in [1.165, 1.54) is 0 Å². The fraction of sp³-hybridized carbons (Fsp3) is 0.571. The number of benzene rings is 1. The van der Waals surface area contributed by atoms with Crippen molar-refractivity contribution in [3.63, 3.8) is 0 Å². The SMILES string of the molecule is O=S(=O)(c1ccc(OCC2(F)COC2)c2c1[C@H](O)C(F)(F)[C@@H]2F)C(F)(F)F. The molecule has 1 heterocycles. The lowest BCUT2D eigenvalue weighted by molar-refractivity contribution is -0.148. The van der Waals surface area contributed by atoms with Crippen molar-refractivity contribution in [2.24, 2.45) is 0 Å². The van der Waals surface area contributed by atoms with Crippen molar-refractivity contribution in [1.29, 1.82) is 0 Å².